The van der Waals surface area contributed by atoms with Gasteiger partial charge in [-0.1, -0.05) is 0 Å². The molecule has 0 radical (unpaired) electrons. The fourth-order valence-corrected chi connectivity index (χ4v) is 2.94. The van der Waals surface area contributed by atoms with Gasteiger partial charge in [0, 0.05) is 19.1 Å². The van der Waals surface area contributed by atoms with Gasteiger partial charge < -0.3 is 4.74 Å². The van der Waals surface area contributed by atoms with Gasteiger partial charge >= 0.3 is 12.1 Å². The fraction of sp³-hybridized carbons (Fsp3) is 0.889. The van der Waals surface area contributed by atoms with E-state index in [1.807, 2.05) is 0 Å². The number of ether oxygens (including phenoxy) is 1. The number of nitrogens with two attached hydrogens (primary N) is 1. The van der Waals surface area contributed by atoms with Crippen LogP contribution in [0.3, 0.4) is 0 Å². The number of hydrogen-bond acceptors (Lipinski definition) is 5. The van der Waals surface area contributed by atoms with Crippen molar-refractivity contribution in [1.29, 1.82) is 0 Å². The lowest BCUT2D eigenvalue weighted by atomic mass is 9.92. The molecule has 1 aliphatic carbocycles. The van der Waals surface area contributed by atoms with Crippen LogP contribution in [-0.4, -0.2) is 37.8 Å². The van der Waals surface area contributed by atoms with Crippen LogP contribution in [0.25, 0.3) is 0 Å². The van der Waals surface area contributed by atoms with Gasteiger partial charge in [-0.05, 0) is 12.8 Å². The third-order valence-electron chi connectivity index (χ3n) is 2.91. The van der Waals surface area contributed by atoms with Gasteiger partial charge in [0.2, 0.25) is 0 Å². The highest BCUT2D eigenvalue weighted by Crippen LogP contribution is 2.32. The fourth-order valence-electron chi connectivity index (χ4n) is 1.85. The third kappa shape index (κ3) is 3.84. The minimum absolute atomic E-state index is 0.0838. The van der Waals surface area contributed by atoms with Crippen molar-refractivity contribution in [3.05, 3.63) is 0 Å². The van der Waals surface area contributed by atoms with Crippen molar-refractivity contribution in [3.8, 4) is 0 Å². The van der Waals surface area contributed by atoms with Crippen LogP contribution in [-0.2, 0) is 19.4 Å². The normalized spacial score (nSPS) is 29.9. The Bertz CT molecular complexity index is 424. The molecule has 0 aromatic carbocycles. The van der Waals surface area contributed by atoms with Crippen molar-refractivity contribution in [3.63, 3.8) is 0 Å². The molecule has 106 valence electrons. The van der Waals surface area contributed by atoms with E-state index in [2.05, 4.69) is 4.74 Å². The van der Waals surface area contributed by atoms with E-state index in [0.29, 0.717) is 0 Å². The predicted molar refractivity (Wildman–Crippen MR) is 56.2 cm³/mol. The Balaban J connectivity index is 2.63. The molecule has 2 N–H and O–H groups in total. The number of rotatable bonds is 2. The van der Waals surface area contributed by atoms with Crippen LogP contribution in [0.1, 0.15) is 25.7 Å². The first-order chi connectivity index (χ1) is 7.94. The van der Waals surface area contributed by atoms with E-state index in [4.69, 9.17) is 5.73 Å². The van der Waals surface area contributed by atoms with E-state index < -0.39 is 33.0 Å². The van der Waals surface area contributed by atoms with Crippen molar-refractivity contribution in [2.75, 3.05) is 6.26 Å². The lowest BCUT2D eigenvalue weighted by Crippen LogP contribution is -2.51. The van der Waals surface area contributed by atoms with Gasteiger partial charge in [-0.25, -0.2) is 13.2 Å². The lowest BCUT2D eigenvalue weighted by molar-refractivity contribution is -0.216. The molecule has 18 heavy (non-hydrogen) atoms. The van der Waals surface area contributed by atoms with E-state index in [9.17, 15) is 26.4 Å². The van der Waals surface area contributed by atoms with E-state index in [-0.39, 0.29) is 25.7 Å². The molecule has 0 spiro atoms. The summed E-state index contributed by atoms with van der Waals surface area (Å²) in [5, 5.41) is -0.640. The van der Waals surface area contributed by atoms with Crippen molar-refractivity contribution in [1.82, 2.24) is 0 Å². The molecular weight excluding hydrogens is 275 g/mol. The van der Waals surface area contributed by atoms with Crippen LogP contribution in [0.2, 0.25) is 0 Å². The summed E-state index contributed by atoms with van der Waals surface area (Å²) in [5.41, 5.74) is 3.80. The van der Waals surface area contributed by atoms with E-state index in [0.717, 1.165) is 6.26 Å². The summed E-state index contributed by atoms with van der Waals surface area (Å²) in [6.45, 7) is 0. The molecular formula is C9H14F3NO4S. The summed E-state index contributed by atoms with van der Waals surface area (Å²) >= 11 is 0. The Morgan fingerprint density at radius 2 is 1.78 bits per heavy atom. The summed E-state index contributed by atoms with van der Waals surface area (Å²) in [6.07, 6.45) is -4.08. The van der Waals surface area contributed by atoms with Crippen molar-refractivity contribution < 1.29 is 31.1 Å². The van der Waals surface area contributed by atoms with Gasteiger partial charge in [-0.15, -0.1) is 0 Å². The second-order valence-electron chi connectivity index (χ2n) is 4.48. The zero-order valence-corrected chi connectivity index (χ0v) is 10.5. The van der Waals surface area contributed by atoms with Gasteiger partial charge in [0.05, 0.1) is 5.25 Å². The molecule has 0 aliphatic heterocycles. The Kier molecular flexibility index (Phi) is 3.97. The maximum atomic E-state index is 12.0. The van der Waals surface area contributed by atoms with E-state index in [1.54, 1.807) is 0 Å². The molecule has 0 aromatic heterocycles. The minimum Gasteiger partial charge on any atom is -0.437 e. The number of carbonyl (C=O) groups is 1. The molecule has 0 unspecified atom stereocenters. The first kappa shape index (κ1) is 15.2. The largest absolute Gasteiger partial charge is 0.490 e. The number of esters is 1. The van der Waals surface area contributed by atoms with Gasteiger partial charge in [-0.3, -0.25) is 5.73 Å². The summed E-state index contributed by atoms with van der Waals surface area (Å²) < 4.78 is 62.8. The van der Waals surface area contributed by atoms with Gasteiger partial charge in [-0.2, -0.15) is 13.2 Å². The molecule has 0 amide bonds. The van der Waals surface area contributed by atoms with Gasteiger partial charge in [0.15, 0.2) is 5.72 Å². The Morgan fingerprint density at radius 3 is 2.11 bits per heavy atom. The lowest BCUT2D eigenvalue weighted by Gasteiger charge is -2.35. The molecule has 0 saturated heterocycles. The molecule has 1 rings (SSSR count). The van der Waals surface area contributed by atoms with Crippen LogP contribution in [0.15, 0.2) is 0 Å². The van der Waals surface area contributed by atoms with Crippen LogP contribution in [0.5, 0.6) is 0 Å². The molecule has 1 saturated carbocycles. The molecule has 0 bridgehead atoms. The molecule has 0 atom stereocenters. The number of sulfone groups is 1. The van der Waals surface area contributed by atoms with Gasteiger partial charge in [0.25, 0.3) is 0 Å². The Hall–Kier alpha value is -0.830. The molecule has 0 heterocycles. The smallest absolute Gasteiger partial charge is 0.437 e. The number of carbonyl (C=O) groups excluding carboxylic acids is 1. The third-order valence-corrected chi connectivity index (χ3v) is 4.59. The molecule has 0 aromatic rings. The van der Waals surface area contributed by atoms with Crippen molar-refractivity contribution >= 4 is 15.8 Å². The zero-order valence-electron chi connectivity index (χ0n) is 9.66. The topological polar surface area (TPSA) is 86.5 Å². The summed E-state index contributed by atoms with van der Waals surface area (Å²) in [4.78, 5) is 10.7. The molecule has 1 fully saturated rings. The van der Waals surface area contributed by atoms with E-state index in [1.165, 1.54) is 0 Å². The maximum absolute atomic E-state index is 12.0. The van der Waals surface area contributed by atoms with Gasteiger partial charge in [0.1, 0.15) is 9.84 Å². The predicted octanol–water partition coefficient (Wildman–Crippen LogP) is 0.734. The highest BCUT2D eigenvalue weighted by molar-refractivity contribution is 7.91. The number of hydrogen-bond donors (Lipinski definition) is 1. The quantitative estimate of drug-likeness (QED) is 0.598. The van der Waals surface area contributed by atoms with Crippen molar-refractivity contribution in [2.24, 2.45) is 5.73 Å². The summed E-state index contributed by atoms with van der Waals surface area (Å²) in [5.74, 6) is -2.34. The Morgan fingerprint density at radius 1 is 1.33 bits per heavy atom. The summed E-state index contributed by atoms with van der Waals surface area (Å²) in [6, 6.07) is 0. The molecule has 1 aliphatic rings. The van der Waals surface area contributed by atoms with Crippen LogP contribution in [0, 0.1) is 0 Å². The second-order valence-corrected chi connectivity index (χ2v) is 6.81. The second kappa shape index (κ2) is 4.69. The van der Waals surface area contributed by atoms with Crippen molar-refractivity contribution in [2.45, 2.75) is 42.8 Å². The maximum Gasteiger partial charge on any atom is 0.490 e. The first-order valence-corrected chi connectivity index (χ1v) is 7.17. The minimum atomic E-state index is -5.10. The highest BCUT2D eigenvalue weighted by atomic mass is 32.2. The summed E-state index contributed by atoms with van der Waals surface area (Å²) in [7, 11) is -3.25. The van der Waals surface area contributed by atoms with Crippen LogP contribution < -0.4 is 5.73 Å². The number of halogens is 3. The standard InChI is InChI=1S/C9H14F3NO4S/c1-18(15,16)6-2-4-8(13,5-3-6)17-7(14)9(10,11)12/h6H,2-5,13H2,1H3. The Labute approximate surface area is 102 Å². The molecule has 9 heteroatoms. The average Bonchev–Trinajstić information content (AvgIpc) is 2.14. The van der Waals surface area contributed by atoms with E-state index >= 15 is 0 Å². The number of alkyl halides is 3. The SMILES string of the molecule is CS(=O)(=O)C1CCC(N)(OC(=O)C(F)(F)F)CC1. The average molecular weight is 289 g/mol. The zero-order chi connectivity index (χ0) is 14.2. The van der Waals surface area contributed by atoms with Crippen LogP contribution >= 0.6 is 0 Å². The first-order valence-electron chi connectivity index (χ1n) is 5.22. The molecule has 5 nitrogen and oxygen atoms in total. The monoisotopic (exact) mass is 289 g/mol. The van der Waals surface area contributed by atoms with Crippen LogP contribution in [0.4, 0.5) is 13.2 Å². The highest BCUT2D eigenvalue weighted by Gasteiger charge is 2.47.